The van der Waals surface area contributed by atoms with E-state index in [9.17, 15) is 4.79 Å². The minimum atomic E-state index is -0.353. The SMILES string of the molecule is Cc1c(C(=O)Nc2ccccc2)nnc2nnnn12. The number of nitrogens with one attached hydrogen (secondary N) is 1. The predicted octanol–water partition coefficient (Wildman–Crippen LogP) is 0.475. The number of tetrazole rings is 1. The van der Waals surface area contributed by atoms with Crippen molar-refractivity contribution < 1.29 is 4.79 Å². The van der Waals surface area contributed by atoms with Gasteiger partial charge in [-0.05, 0) is 29.5 Å². The van der Waals surface area contributed by atoms with Gasteiger partial charge in [0, 0.05) is 5.69 Å². The molecule has 1 amide bonds. The van der Waals surface area contributed by atoms with Crippen LogP contribution in [0.1, 0.15) is 16.2 Å². The molecule has 94 valence electrons. The Balaban J connectivity index is 1.95. The molecular weight excluding hydrogens is 246 g/mol. The molecule has 2 heterocycles. The Bertz CT molecular complexity index is 737. The van der Waals surface area contributed by atoms with Crippen LogP contribution in [0, 0.1) is 6.92 Å². The molecule has 3 rings (SSSR count). The monoisotopic (exact) mass is 255 g/mol. The molecule has 0 fully saturated rings. The molecule has 8 nitrogen and oxygen atoms in total. The van der Waals surface area contributed by atoms with E-state index in [4.69, 9.17) is 0 Å². The van der Waals surface area contributed by atoms with Gasteiger partial charge in [-0.25, -0.2) is 0 Å². The average Bonchev–Trinajstić information content (AvgIpc) is 2.89. The zero-order chi connectivity index (χ0) is 13.2. The Morgan fingerprint density at radius 1 is 1.16 bits per heavy atom. The summed E-state index contributed by atoms with van der Waals surface area (Å²) in [7, 11) is 0. The van der Waals surface area contributed by atoms with Gasteiger partial charge in [0.2, 0.25) is 0 Å². The van der Waals surface area contributed by atoms with Crippen LogP contribution in [-0.2, 0) is 0 Å². The quantitative estimate of drug-likeness (QED) is 0.715. The summed E-state index contributed by atoms with van der Waals surface area (Å²) in [5.41, 5.74) is 1.40. The lowest BCUT2D eigenvalue weighted by molar-refractivity contribution is 0.102. The molecule has 19 heavy (non-hydrogen) atoms. The molecule has 0 atom stereocenters. The summed E-state index contributed by atoms with van der Waals surface area (Å²) >= 11 is 0. The Labute approximate surface area is 107 Å². The minimum absolute atomic E-state index is 0.184. The molecule has 0 aliphatic carbocycles. The van der Waals surface area contributed by atoms with Gasteiger partial charge in [0.15, 0.2) is 5.69 Å². The second-order valence-electron chi connectivity index (χ2n) is 3.84. The van der Waals surface area contributed by atoms with E-state index in [1.54, 1.807) is 19.1 Å². The summed E-state index contributed by atoms with van der Waals surface area (Å²) in [5.74, 6) is -0.0950. The van der Waals surface area contributed by atoms with Gasteiger partial charge < -0.3 is 5.32 Å². The molecule has 1 N–H and O–H groups in total. The average molecular weight is 255 g/mol. The Hall–Kier alpha value is -2.90. The van der Waals surface area contributed by atoms with E-state index in [2.05, 4.69) is 31.0 Å². The number of carbonyl (C=O) groups excluding carboxylic acids is 1. The van der Waals surface area contributed by atoms with Crippen LogP contribution in [0.2, 0.25) is 0 Å². The molecule has 0 aliphatic rings. The lowest BCUT2D eigenvalue weighted by Gasteiger charge is -2.06. The molecule has 0 bridgehead atoms. The molecular formula is C11H9N7O. The van der Waals surface area contributed by atoms with E-state index in [1.807, 2.05) is 18.2 Å². The lowest BCUT2D eigenvalue weighted by Crippen LogP contribution is -2.18. The van der Waals surface area contributed by atoms with Gasteiger partial charge in [-0.3, -0.25) is 4.79 Å². The van der Waals surface area contributed by atoms with Crippen LogP contribution in [0.3, 0.4) is 0 Å². The summed E-state index contributed by atoms with van der Waals surface area (Å²) < 4.78 is 1.37. The van der Waals surface area contributed by atoms with Crippen LogP contribution in [-0.4, -0.2) is 36.1 Å². The number of fused-ring (bicyclic) bond motifs is 1. The number of hydrogen-bond donors (Lipinski definition) is 1. The highest BCUT2D eigenvalue weighted by molar-refractivity contribution is 6.03. The number of amides is 1. The fraction of sp³-hybridized carbons (Fsp3) is 0.0909. The van der Waals surface area contributed by atoms with Crippen molar-refractivity contribution in [2.24, 2.45) is 0 Å². The Morgan fingerprint density at radius 3 is 2.74 bits per heavy atom. The number of carbonyl (C=O) groups is 1. The second kappa shape index (κ2) is 4.41. The maximum Gasteiger partial charge on any atom is 0.292 e. The smallest absolute Gasteiger partial charge is 0.292 e. The maximum absolute atomic E-state index is 12.1. The largest absolute Gasteiger partial charge is 0.321 e. The standard InChI is InChI=1S/C11H9N7O/c1-7-9(13-14-11-15-16-17-18(7)11)10(19)12-8-5-3-2-4-6-8/h2-6H,1H3,(H,12,19). The third-order valence-electron chi connectivity index (χ3n) is 2.60. The maximum atomic E-state index is 12.1. The van der Waals surface area contributed by atoms with Crippen molar-refractivity contribution >= 4 is 17.4 Å². The molecule has 0 aliphatic heterocycles. The molecule has 0 unspecified atom stereocenters. The molecule has 2 aromatic heterocycles. The molecule has 0 saturated carbocycles. The zero-order valence-electron chi connectivity index (χ0n) is 9.98. The molecule has 3 aromatic rings. The number of hydrogen-bond acceptors (Lipinski definition) is 6. The summed E-state index contributed by atoms with van der Waals surface area (Å²) in [4.78, 5) is 12.1. The highest BCUT2D eigenvalue weighted by Crippen LogP contribution is 2.09. The predicted molar refractivity (Wildman–Crippen MR) is 65.5 cm³/mol. The number of benzene rings is 1. The van der Waals surface area contributed by atoms with E-state index in [-0.39, 0.29) is 17.4 Å². The van der Waals surface area contributed by atoms with E-state index < -0.39 is 0 Å². The highest BCUT2D eigenvalue weighted by atomic mass is 16.2. The number of anilines is 1. The molecule has 0 spiro atoms. The number of rotatable bonds is 2. The van der Waals surface area contributed by atoms with Gasteiger partial charge in [-0.1, -0.05) is 23.3 Å². The van der Waals surface area contributed by atoms with Gasteiger partial charge in [0.25, 0.3) is 11.7 Å². The van der Waals surface area contributed by atoms with Crippen molar-refractivity contribution in [3.63, 3.8) is 0 Å². The van der Waals surface area contributed by atoms with Crippen molar-refractivity contribution in [1.29, 1.82) is 0 Å². The fourth-order valence-electron chi connectivity index (χ4n) is 1.65. The Kier molecular flexibility index (Phi) is 2.60. The van der Waals surface area contributed by atoms with Gasteiger partial charge in [0.1, 0.15) is 0 Å². The topological polar surface area (TPSA) is 98.0 Å². The van der Waals surface area contributed by atoms with E-state index in [0.717, 1.165) is 0 Å². The Morgan fingerprint density at radius 2 is 1.95 bits per heavy atom. The summed E-state index contributed by atoms with van der Waals surface area (Å²) in [6.45, 7) is 1.71. The van der Waals surface area contributed by atoms with Crippen LogP contribution in [0.25, 0.3) is 5.78 Å². The van der Waals surface area contributed by atoms with E-state index in [1.165, 1.54) is 4.52 Å². The number of para-hydroxylation sites is 1. The normalized spacial score (nSPS) is 10.6. The van der Waals surface area contributed by atoms with E-state index >= 15 is 0 Å². The third-order valence-corrected chi connectivity index (χ3v) is 2.60. The fourth-order valence-corrected chi connectivity index (χ4v) is 1.65. The first-order chi connectivity index (χ1) is 9.25. The van der Waals surface area contributed by atoms with Crippen LogP contribution < -0.4 is 5.32 Å². The first-order valence-electron chi connectivity index (χ1n) is 5.53. The zero-order valence-corrected chi connectivity index (χ0v) is 9.98. The van der Waals surface area contributed by atoms with Crippen molar-refractivity contribution in [2.45, 2.75) is 6.92 Å². The van der Waals surface area contributed by atoms with Gasteiger partial charge >= 0.3 is 0 Å². The van der Waals surface area contributed by atoms with Crippen molar-refractivity contribution in [3.05, 3.63) is 41.7 Å². The third kappa shape index (κ3) is 1.99. The van der Waals surface area contributed by atoms with Gasteiger partial charge in [-0.2, -0.15) is 4.52 Å². The van der Waals surface area contributed by atoms with Crippen LogP contribution in [0.15, 0.2) is 30.3 Å². The summed E-state index contributed by atoms with van der Waals surface area (Å²) in [6.07, 6.45) is 0. The molecule has 0 saturated heterocycles. The lowest BCUT2D eigenvalue weighted by atomic mass is 10.3. The molecule has 1 aromatic carbocycles. The van der Waals surface area contributed by atoms with Crippen LogP contribution in [0.5, 0.6) is 0 Å². The first kappa shape index (κ1) is 11.2. The number of aryl methyl sites for hydroxylation is 1. The van der Waals surface area contributed by atoms with Crippen molar-refractivity contribution in [3.8, 4) is 0 Å². The van der Waals surface area contributed by atoms with Gasteiger partial charge in [-0.15, -0.1) is 10.2 Å². The second-order valence-corrected chi connectivity index (χ2v) is 3.84. The molecule has 0 radical (unpaired) electrons. The number of nitrogens with zero attached hydrogens (tertiary/aromatic N) is 6. The van der Waals surface area contributed by atoms with Crippen LogP contribution in [0.4, 0.5) is 5.69 Å². The minimum Gasteiger partial charge on any atom is -0.321 e. The summed E-state index contributed by atoms with van der Waals surface area (Å²) in [5, 5.41) is 21.2. The van der Waals surface area contributed by atoms with Crippen molar-refractivity contribution in [1.82, 2.24) is 30.2 Å². The first-order valence-corrected chi connectivity index (χ1v) is 5.53. The molecule has 8 heteroatoms. The summed E-state index contributed by atoms with van der Waals surface area (Å²) in [6, 6.07) is 9.11. The van der Waals surface area contributed by atoms with E-state index in [0.29, 0.717) is 11.4 Å². The highest BCUT2D eigenvalue weighted by Gasteiger charge is 2.16. The van der Waals surface area contributed by atoms with Crippen molar-refractivity contribution in [2.75, 3.05) is 5.32 Å². The van der Waals surface area contributed by atoms with Crippen LogP contribution >= 0.6 is 0 Å². The van der Waals surface area contributed by atoms with Gasteiger partial charge in [0.05, 0.1) is 5.69 Å². The number of aromatic nitrogens is 6.